The Labute approximate surface area is 112 Å². The summed E-state index contributed by atoms with van der Waals surface area (Å²) in [6, 6.07) is 1.54. The molecule has 0 bridgehead atoms. The number of nitrogens with one attached hydrogen (secondary N) is 1. The van der Waals surface area contributed by atoms with Crippen LogP contribution >= 0.6 is 0 Å². The van der Waals surface area contributed by atoms with Gasteiger partial charge in [-0.25, -0.2) is 0 Å². The lowest BCUT2D eigenvalue weighted by atomic mass is 10.2. The van der Waals surface area contributed by atoms with E-state index in [-0.39, 0.29) is 12.5 Å². The monoisotopic (exact) mass is 269 g/mol. The van der Waals surface area contributed by atoms with Gasteiger partial charge in [0.05, 0.1) is 20.3 Å². The average molecular weight is 269 g/mol. The van der Waals surface area contributed by atoms with Crippen LogP contribution in [-0.4, -0.2) is 42.3 Å². The minimum absolute atomic E-state index is 0.0341. The van der Waals surface area contributed by atoms with Gasteiger partial charge in [0.2, 0.25) is 17.7 Å². The van der Waals surface area contributed by atoms with E-state index in [9.17, 15) is 4.79 Å². The highest BCUT2D eigenvalue weighted by atomic mass is 16.6. The van der Waals surface area contributed by atoms with Crippen molar-refractivity contribution in [2.45, 2.75) is 26.4 Å². The summed E-state index contributed by atoms with van der Waals surface area (Å²) in [7, 11) is 2.97. The molecule has 0 aliphatic heterocycles. The summed E-state index contributed by atoms with van der Waals surface area (Å²) in [5, 5.41) is 2.76. The smallest absolute Gasteiger partial charge is 0.325 e. The van der Waals surface area contributed by atoms with E-state index in [4.69, 9.17) is 14.2 Å². The summed E-state index contributed by atoms with van der Waals surface area (Å²) in [4.78, 5) is 19.6. The van der Waals surface area contributed by atoms with Crippen LogP contribution in [0, 0.1) is 0 Å². The Kier molecular flexibility index (Phi) is 4.91. The predicted octanol–water partition coefficient (Wildman–Crippen LogP) is 1.25. The van der Waals surface area contributed by atoms with Gasteiger partial charge in [-0.05, 0) is 20.8 Å². The van der Waals surface area contributed by atoms with Crippen LogP contribution in [0.25, 0.3) is 0 Å². The number of hydrogen-bond donors (Lipinski definition) is 1. The summed E-state index contributed by atoms with van der Waals surface area (Å²) < 4.78 is 15.1. The maximum atomic E-state index is 11.5. The molecule has 19 heavy (non-hydrogen) atoms. The van der Waals surface area contributed by atoms with E-state index in [1.54, 1.807) is 26.8 Å². The quantitative estimate of drug-likeness (QED) is 0.805. The van der Waals surface area contributed by atoms with Crippen molar-refractivity contribution >= 4 is 11.9 Å². The van der Waals surface area contributed by atoms with Gasteiger partial charge in [-0.3, -0.25) is 4.79 Å². The van der Waals surface area contributed by atoms with Gasteiger partial charge in [0, 0.05) is 0 Å². The number of hydrogen-bond acceptors (Lipinski definition) is 7. The first-order valence-electron chi connectivity index (χ1n) is 5.77. The minimum Gasteiger partial charge on any atom is -0.481 e. The van der Waals surface area contributed by atoms with Crippen LogP contribution < -0.4 is 14.8 Å². The number of rotatable bonds is 5. The Morgan fingerprint density at radius 2 is 1.74 bits per heavy atom. The van der Waals surface area contributed by atoms with Crippen LogP contribution in [-0.2, 0) is 9.53 Å². The van der Waals surface area contributed by atoms with Gasteiger partial charge < -0.3 is 19.5 Å². The van der Waals surface area contributed by atoms with Crippen LogP contribution in [0.5, 0.6) is 11.8 Å². The zero-order chi connectivity index (χ0) is 14.5. The second kappa shape index (κ2) is 6.21. The minimum atomic E-state index is -0.522. The average Bonchev–Trinajstić information content (AvgIpc) is 2.33. The van der Waals surface area contributed by atoms with Crippen LogP contribution in [0.4, 0.5) is 5.95 Å². The molecule has 0 unspecified atom stereocenters. The van der Waals surface area contributed by atoms with Crippen LogP contribution in [0.1, 0.15) is 20.8 Å². The number of carbonyl (C=O) groups is 1. The van der Waals surface area contributed by atoms with Gasteiger partial charge in [-0.15, -0.1) is 0 Å². The highest BCUT2D eigenvalue weighted by Crippen LogP contribution is 2.17. The van der Waals surface area contributed by atoms with Crippen molar-refractivity contribution in [3.8, 4) is 11.8 Å². The molecule has 0 atom stereocenters. The Morgan fingerprint density at radius 3 is 2.16 bits per heavy atom. The molecule has 0 aliphatic rings. The summed E-state index contributed by atoms with van der Waals surface area (Å²) in [5.41, 5.74) is -0.522. The second-order valence-corrected chi connectivity index (χ2v) is 4.72. The summed E-state index contributed by atoms with van der Waals surface area (Å²) in [5.74, 6) is 0.539. The number of carbonyl (C=O) groups excluding carboxylic acids is 1. The molecule has 1 aromatic heterocycles. The van der Waals surface area contributed by atoms with E-state index < -0.39 is 11.6 Å². The second-order valence-electron chi connectivity index (χ2n) is 4.72. The van der Waals surface area contributed by atoms with Crippen molar-refractivity contribution in [2.75, 3.05) is 26.1 Å². The number of anilines is 1. The zero-order valence-corrected chi connectivity index (χ0v) is 11.8. The molecule has 1 heterocycles. The lowest BCUT2D eigenvalue weighted by molar-refractivity contribution is -0.152. The Morgan fingerprint density at radius 1 is 1.21 bits per heavy atom. The first-order chi connectivity index (χ1) is 8.84. The predicted molar refractivity (Wildman–Crippen MR) is 69.5 cm³/mol. The molecular weight excluding hydrogens is 250 g/mol. The molecule has 1 rings (SSSR count). The molecule has 1 N–H and O–H groups in total. The van der Waals surface area contributed by atoms with Crippen LogP contribution in [0.15, 0.2) is 6.07 Å². The van der Waals surface area contributed by atoms with Crippen molar-refractivity contribution in [2.24, 2.45) is 0 Å². The highest BCUT2D eigenvalue weighted by Gasteiger charge is 2.16. The van der Waals surface area contributed by atoms with Crippen LogP contribution in [0.3, 0.4) is 0 Å². The van der Waals surface area contributed by atoms with E-state index in [1.807, 2.05) is 0 Å². The number of aromatic nitrogens is 2. The molecule has 0 fully saturated rings. The number of nitrogens with zero attached hydrogens (tertiary/aromatic N) is 2. The maximum Gasteiger partial charge on any atom is 0.325 e. The van der Waals surface area contributed by atoms with Crippen LogP contribution in [0.2, 0.25) is 0 Å². The van der Waals surface area contributed by atoms with Gasteiger partial charge >= 0.3 is 5.97 Å². The molecule has 0 radical (unpaired) electrons. The number of methoxy groups -OCH3 is 2. The molecule has 106 valence electrons. The first kappa shape index (κ1) is 15.0. The Bertz CT molecular complexity index is 421. The van der Waals surface area contributed by atoms with Gasteiger partial charge in [0.25, 0.3) is 0 Å². The SMILES string of the molecule is COc1cc(OC)nc(NCC(=O)OC(C)(C)C)n1. The van der Waals surface area contributed by atoms with Crippen molar-refractivity contribution in [3.05, 3.63) is 6.07 Å². The Hall–Kier alpha value is -2.05. The third kappa shape index (κ3) is 5.41. The molecule has 0 aliphatic carbocycles. The number of esters is 1. The van der Waals surface area contributed by atoms with Gasteiger partial charge in [0.15, 0.2) is 0 Å². The lowest BCUT2D eigenvalue weighted by Gasteiger charge is -2.19. The van der Waals surface area contributed by atoms with Crippen molar-refractivity contribution in [1.29, 1.82) is 0 Å². The van der Waals surface area contributed by atoms with E-state index in [1.165, 1.54) is 14.2 Å². The van der Waals surface area contributed by atoms with E-state index in [2.05, 4.69) is 15.3 Å². The first-order valence-corrected chi connectivity index (χ1v) is 5.77. The zero-order valence-electron chi connectivity index (χ0n) is 11.8. The van der Waals surface area contributed by atoms with Crippen molar-refractivity contribution < 1.29 is 19.0 Å². The summed E-state index contributed by atoms with van der Waals surface area (Å²) >= 11 is 0. The fourth-order valence-electron chi connectivity index (χ4n) is 1.22. The van der Waals surface area contributed by atoms with Crippen molar-refractivity contribution in [3.63, 3.8) is 0 Å². The molecule has 0 saturated carbocycles. The normalized spacial score (nSPS) is 10.8. The van der Waals surface area contributed by atoms with E-state index in [0.717, 1.165) is 0 Å². The topological polar surface area (TPSA) is 82.6 Å². The molecule has 7 heteroatoms. The van der Waals surface area contributed by atoms with E-state index in [0.29, 0.717) is 11.8 Å². The molecular formula is C12H19N3O4. The van der Waals surface area contributed by atoms with E-state index >= 15 is 0 Å². The van der Waals surface area contributed by atoms with Crippen molar-refractivity contribution in [1.82, 2.24) is 9.97 Å². The largest absolute Gasteiger partial charge is 0.481 e. The summed E-state index contributed by atoms with van der Waals surface area (Å²) in [6.45, 7) is 5.37. The third-order valence-electron chi connectivity index (χ3n) is 1.91. The molecule has 0 aromatic carbocycles. The molecule has 7 nitrogen and oxygen atoms in total. The Balaban J connectivity index is 2.64. The highest BCUT2D eigenvalue weighted by molar-refractivity contribution is 5.74. The van der Waals surface area contributed by atoms with Gasteiger partial charge in [0.1, 0.15) is 12.1 Å². The molecule has 1 aromatic rings. The fourth-order valence-corrected chi connectivity index (χ4v) is 1.22. The van der Waals surface area contributed by atoms with Gasteiger partial charge in [-0.1, -0.05) is 0 Å². The van der Waals surface area contributed by atoms with Gasteiger partial charge in [-0.2, -0.15) is 9.97 Å². The number of ether oxygens (including phenoxy) is 3. The molecule has 0 amide bonds. The molecule has 0 saturated heterocycles. The summed E-state index contributed by atoms with van der Waals surface area (Å²) in [6.07, 6.45) is 0. The maximum absolute atomic E-state index is 11.5. The fraction of sp³-hybridized carbons (Fsp3) is 0.583. The lowest BCUT2D eigenvalue weighted by Crippen LogP contribution is -2.28. The molecule has 0 spiro atoms. The standard InChI is InChI=1S/C12H19N3O4/c1-12(2,3)19-10(16)7-13-11-14-8(17-4)6-9(15-11)18-5/h6H,7H2,1-5H3,(H,13,14,15). The third-order valence-corrected chi connectivity index (χ3v) is 1.91.